The van der Waals surface area contributed by atoms with Gasteiger partial charge < -0.3 is 5.11 Å². The van der Waals surface area contributed by atoms with Gasteiger partial charge >= 0.3 is 5.97 Å². The predicted octanol–water partition coefficient (Wildman–Crippen LogP) is 3.22. The zero-order valence-corrected chi connectivity index (χ0v) is 9.93. The molecule has 0 radical (unpaired) electrons. The van der Waals surface area contributed by atoms with E-state index in [-0.39, 0.29) is 5.92 Å². The van der Waals surface area contributed by atoms with Crippen molar-refractivity contribution in [2.24, 2.45) is 5.92 Å². The fourth-order valence-electron chi connectivity index (χ4n) is 1.50. The van der Waals surface area contributed by atoms with Crippen molar-refractivity contribution in [1.29, 1.82) is 0 Å². The fraction of sp³-hybridized carbons (Fsp3) is 0.417. The van der Waals surface area contributed by atoms with Gasteiger partial charge in [0.05, 0.1) is 5.92 Å². The van der Waals surface area contributed by atoms with Crippen LogP contribution >= 0.6 is 11.6 Å². The molecule has 1 aromatic carbocycles. The lowest BCUT2D eigenvalue weighted by Gasteiger charge is -2.11. The van der Waals surface area contributed by atoms with Crippen LogP contribution in [-0.2, 0) is 11.2 Å². The highest BCUT2D eigenvalue weighted by Gasteiger charge is 2.14. The Morgan fingerprint density at radius 3 is 2.60 bits per heavy atom. The number of aryl methyl sites for hydroxylation is 1. The molecule has 0 aliphatic rings. The van der Waals surface area contributed by atoms with Crippen molar-refractivity contribution in [3.63, 3.8) is 0 Å². The number of aliphatic carboxylic acids is 1. The van der Waals surface area contributed by atoms with E-state index in [1.807, 2.05) is 26.0 Å². The molecule has 0 heterocycles. The molecular weight excluding hydrogens is 212 g/mol. The van der Waals surface area contributed by atoms with Gasteiger partial charge in [0.2, 0.25) is 0 Å². The second kappa shape index (κ2) is 4.67. The molecule has 0 fully saturated rings. The van der Waals surface area contributed by atoms with Crippen LogP contribution in [0.2, 0.25) is 5.02 Å². The van der Waals surface area contributed by atoms with E-state index in [0.717, 1.165) is 21.7 Å². The van der Waals surface area contributed by atoms with Gasteiger partial charge in [0, 0.05) is 5.02 Å². The van der Waals surface area contributed by atoms with Crippen molar-refractivity contribution in [1.82, 2.24) is 0 Å². The number of hydrogen-bond donors (Lipinski definition) is 1. The number of carbonyl (C=O) groups is 1. The molecule has 1 rings (SSSR count). The Labute approximate surface area is 94.9 Å². The molecule has 0 bridgehead atoms. The number of rotatable bonds is 3. The van der Waals surface area contributed by atoms with Crippen LogP contribution in [0.4, 0.5) is 0 Å². The van der Waals surface area contributed by atoms with E-state index >= 15 is 0 Å². The fourth-order valence-corrected chi connectivity index (χ4v) is 1.68. The van der Waals surface area contributed by atoms with Crippen molar-refractivity contribution >= 4 is 17.6 Å². The minimum atomic E-state index is -0.772. The molecule has 0 aliphatic carbocycles. The third kappa shape index (κ3) is 2.72. The molecule has 1 atom stereocenters. The molecule has 15 heavy (non-hydrogen) atoms. The highest BCUT2D eigenvalue weighted by molar-refractivity contribution is 6.32. The van der Waals surface area contributed by atoms with Crippen LogP contribution in [0.25, 0.3) is 0 Å². The molecule has 82 valence electrons. The van der Waals surface area contributed by atoms with Gasteiger partial charge in [-0.25, -0.2) is 0 Å². The first kappa shape index (κ1) is 12.1. The molecule has 1 unspecified atom stereocenters. The SMILES string of the molecule is Cc1ccc(CC(C)C(=O)O)c(C)c1Cl. The predicted molar refractivity (Wildman–Crippen MR) is 61.4 cm³/mol. The zero-order valence-electron chi connectivity index (χ0n) is 9.17. The van der Waals surface area contributed by atoms with Crippen LogP contribution in [-0.4, -0.2) is 11.1 Å². The summed E-state index contributed by atoms with van der Waals surface area (Å²) in [4.78, 5) is 10.7. The van der Waals surface area contributed by atoms with Crippen LogP contribution in [0.15, 0.2) is 12.1 Å². The summed E-state index contributed by atoms with van der Waals surface area (Å²) in [6, 6.07) is 3.88. The van der Waals surface area contributed by atoms with Crippen molar-refractivity contribution < 1.29 is 9.90 Å². The molecule has 0 amide bonds. The van der Waals surface area contributed by atoms with Crippen LogP contribution in [0, 0.1) is 19.8 Å². The molecule has 0 aliphatic heterocycles. The lowest BCUT2D eigenvalue weighted by molar-refractivity contribution is -0.141. The number of carboxylic acids is 1. The monoisotopic (exact) mass is 226 g/mol. The van der Waals surface area contributed by atoms with E-state index < -0.39 is 5.97 Å². The summed E-state index contributed by atoms with van der Waals surface area (Å²) in [5.41, 5.74) is 3.03. The van der Waals surface area contributed by atoms with E-state index in [1.54, 1.807) is 6.92 Å². The molecule has 1 aromatic rings. The van der Waals surface area contributed by atoms with Crippen molar-refractivity contribution in [3.05, 3.63) is 33.8 Å². The van der Waals surface area contributed by atoms with Crippen molar-refractivity contribution in [2.75, 3.05) is 0 Å². The lowest BCUT2D eigenvalue weighted by atomic mass is 9.96. The van der Waals surface area contributed by atoms with Gasteiger partial charge in [-0.2, -0.15) is 0 Å². The zero-order chi connectivity index (χ0) is 11.6. The topological polar surface area (TPSA) is 37.3 Å². The maximum absolute atomic E-state index is 10.7. The van der Waals surface area contributed by atoms with E-state index in [9.17, 15) is 4.79 Å². The highest BCUT2D eigenvalue weighted by atomic mass is 35.5. The van der Waals surface area contributed by atoms with Gasteiger partial charge in [0.1, 0.15) is 0 Å². The summed E-state index contributed by atoms with van der Waals surface area (Å²) in [5.74, 6) is -1.14. The summed E-state index contributed by atoms with van der Waals surface area (Å²) in [6.45, 7) is 5.58. The number of halogens is 1. The number of benzene rings is 1. The Bertz CT molecular complexity index is 385. The third-order valence-corrected chi connectivity index (χ3v) is 3.22. The molecule has 1 N–H and O–H groups in total. The number of carboxylic acid groups (broad SMARTS) is 1. The second-order valence-electron chi connectivity index (χ2n) is 3.92. The Morgan fingerprint density at radius 2 is 2.07 bits per heavy atom. The van der Waals surface area contributed by atoms with Gasteiger partial charge in [0.25, 0.3) is 0 Å². The first-order valence-electron chi connectivity index (χ1n) is 4.91. The molecule has 3 heteroatoms. The normalized spacial score (nSPS) is 12.5. The van der Waals surface area contributed by atoms with E-state index in [1.165, 1.54) is 0 Å². The van der Waals surface area contributed by atoms with Gasteiger partial charge in [-0.15, -0.1) is 0 Å². The lowest BCUT2D eigenvalue weighted by Crippen LogP contribution is -2.13. The molecule has 0 saturated heterocycles. The van der Waals surface area contributed by atoms with E-state index in [0.29, 0.717) is 6.42 Å². The number of hydrogen-bond acceptors (Lipinski definition) is 1. The smallest absolute Gasteiger partial charge is 0.306 e. The molecule has 0 aromatic heterocycles. The van der Waals surface area contributed by atoms with Crippen LogP contribution in [0.3, 0.4) is 0 Å². The average Bonchev–Trinajstić information content (AvgIpc) is 2.18. The quantitative estimate of drug-likeness (QED) is 0.859. The Morgan fingerprint density at radius 1 is 1.47 bits per heavy atom. The maximum Gasteiger partial charge on any atom is 0.306 e. The largest absolute Gasteiger partial charge is 0.481 e. The first-order valence-corrected chi connectivity index (χ1v) is 5.28. The second-order valence-corrected chi connectivity index (χ2v) is 4.30. The maximum atomic E-state index is 10.7. The van der Waals surface area contributed by atoms with Gasteiger partial charge in [0.15, 0.2) is 0 Å². The Hall–Kier alpha value is -1.02. The van der Waals surface area contributed by atoms with Gasteiger partial charge in [-0.3, -0.25) is 4.79 Å². The molecule has 2 nitrogen and oxygen atoms in total. The molecule has 0 spiro atoms. The van der Waals surface area contributed by atoms with Crippen LogP contribution in [0.5, 0.6) is 0 Å². The molecular formula is C12H15ClO2. The third-order valence-electron chi connectivity index (χ3n) is 2.64. The average molecular weight is 227 g/mol. The minimum absolute atomic E-state index is 0.373. The minimum Gasteiger partial charge on any atom is -0.481 e. The highest BCUT2D eigenvalue weighted by Crippen LogP contribution is 2.25. The van der Waals surface area contributed by atoms with Gasteiger partial charge in [-0.1, -0.05) is 30.7 Å². The van der Waals surface area contributed by atoms with E-state index in [2.05, 4.69) is 0 Å². The van der Waals surface area contributed by atoms with E-state index in [4.69, 9.17) is 16.7 Å². The van der Waals surface area contributed by atoms with Crippen molar-refractivity contribution in [3.8, 4) is 0 Å². The summed E-state index contributed by atoms with van der Waals surface area (Å²) >= 11 is 6.10. The standard InChI is InChI=1S/C12H15ClO2/c1-7-4-5-10(9(3)11(7)13)6-8(2)12(14)15/h4-5,8H,6H2,1-3H3,(H,14,15). The Kier molecular flexibility index (Phi) is 3.75. The molecule has 0 saturated carbocycles. The summed E-state index contributed by atoms with van der Waals surface area (Å²) in [7, 11) is 0. The van der Waals surface area contributed by atoms with Crippen LogP contribution in [0.1, 0.15) is 23.6 Å². The summed E-state index contributed by atoms with van der Waals surface area (Å²) in [5, 5.41) is 9.57. The summed E-state index contributed by atoms with van der Waals surface area (Å²) in [6.07, 6.45) is 0.529. The Balaban J connectivity index is 2.97. The summed E-state index contributed by atoms with van der Waals surface area (Å²) < 4.78 is 0. The van der Waals surface area contributed by atoms with Crippen molar-refractivity contribution in [2.45, 2.75) is 27.2 Å². The van der Waals surface area contributed by atoms with Crippen LogP contribution < -0.4 is 0 Å². The first-order chi connectivity index (χ1) is 6.93. The van der Waals surface area contributed by atoms with Gasteiger partial charge in [-0.05, 0) is 37.0 Å².